The fraction of sp³-hybridized carbons (Fsp3) is 0.350. The Kier molecular flexibility index (Phi) is 7.14. The summed E-state index contributed by atoms with van der Waals surface area (Å²) >= 11 is 0. The van der Waals surface area contributed by atoms with E-state index in [4.69, 9.17) is 0 Å². The van der Waals surface area contributed by atoms with Gasteiger partial charge in [-0.25, -0.2) is 8.42 Å². The minimum atomic E-state index is -4.78. The Balaban J connectivity index is 2.14. The van der Waals surface area contributed by atoms with Crippen molar-refractivity contribution in [1.29, 1.82) is 0 Å². The summed E-state index contributed by atoms with van der Waals surface area (Å²) in [5.41, 5.74) is 0.707. The van der Waals surface area contributed by atoms with Gasteiger partial charge in [0.15, 0.2) is 0 Å². The van der Waals surface area contributed by atoms with E-state index in [9.17, 15) is 26.4 Å². The van der Waals surface area contributed by atoms with E-state index in [2.05, 4.69) is 10.1 Å². The van der Waals surface area contributed by atoms with Gasteiger partial charge in [-0.15, -0.1) is 13.2 Å². The highest BCUT2D eigenvalue weighted by Crippen LogP contribution is 2.25. The zero-order chi connectivity index (χ0) is 22.7. The minimum Gasteiger partial charge on any atom is -0.406 e. The van der Waals surface area contributed by atoms with Crippen molar-refractivity contribution in [2.45, 2.75) is 44.1 Å². The van der Waals surface area contributed by atoms with Gasteiger partial charge in [0.05, 0.1) is 10.9 Å². The number of nitrogens with zero attached hydrogens (tertiary/aromatic N) is 1. The Bertz CT molecular complexity index is 990. The molecule has 164 valence electrons. The standard InChI is InChI=1S/C20H23F3N2O4S/c1-13(2)25(4)30(27,28)18-7-5-6-16(12-18)19(26)24-14(3)15-8-10-17(11-9-15)29-20(21,22)23/h5-14H,1-4H3,(H,24,26). The number of sulfonamides is 1. The predicted molar refractivity (Wildman–Crippen MR) is 106 cm³/mol. The molecule has 1 unspecified atom stereocenters. The van der Waals surface area contributed by atoms with Crippen LogP contribution in [0.15, 0.2) is 53.4 Å². The first kappa shape index (κ1) is 23.7. The van der Waals surface area contributed by atoms with Crippen molar-refractivity contribution in [3.63, 3.8) is 0 Å². The fourth-order valence-corrected chi connectivity index (χ4v) is 3.98. The summed E-state index contributed by atoms with van der Waals surface area (Å²) in [6.45, 7) is 5.13. The molecule has 0 heterocycles. The van der Waals surface area contributed by atoms with Gasteiger partial charge in [-0.3, -0.25) is 4.79 Å². The number of benzene rings is 2. The lowest BCUT2D eigenvalue weighted by Gasteiger charge is -2.21. The van der Waals surface area contributed by atoms with Gasteiger partial charge in [0.2, 0.25) is 10.0 Å². The van der Waals surface area contributed by atoms with Gasteiger partial charge in [0.25, 0.3) is 5.91 Å². The van der Waals surface area contributed by atoms with Gasteiger partial charge in [-0.2, -0.15) is 4.31 Å². The van der Waals surface area contributed by atoms with Crippen molar-refractivity contribution < 1.29 is 31.1 Å². The van der Waals surface area contributed by atoms with Crippen LogP contribution in [-0.4, -0.2) is 38.1 Å². The van der Waals surface area contributed by atoms with E-state index >= 15 is 0 Å². The average molecular weight is 444 g/mol. The first-order valence-corrected chi connectivity index (χ1v) is 10.5. The van der Waals surface area contributed by atoms with Gasteiger partial charge in [-0.05, 0) is 56.7 Å². The molecule has 1 atom stereocenters. The maximum atomic E-state index is 12.6. The summed E-state index contributed by atoms with van der Waals surface area (Å²) in [6.07, 6.45) is -4.78. The number of nitrogens with one attached hydrogen (secondary N) is 1. The molecule has 30 heavy (non-hydrogen) atoms. The van der Waals surface area contributed by atoms with Gasteiger partial charge in [0, 0.05) is 18.7 Å². The number of hydrogen-bond donors (Lipinski definition) is 1. The highest BCUT2D eigenvalue weighted by atomic mass is 32.2. The summed E-state index contributed by atoms with van der Waals surface area (Å²) in [4.78, 5) is 12.6. The van der Waals surface area contributed by atoms with Crippen molar-refractivity contribution >= 4 is 15.9 Å². The van der Waals surface area contributed by atoms with Crippen LogP contribution in [-0.2, 0) is 10.0 Å². The molecule has 0 aliphatic heterocycles. The number of hydrogen-bond acceptors (Lipinski definition) is 4. The lowest BCUT2D eigenvalue weighted by atomic mass is 10.1. The lowest BCUT2D eigenvalue weighted by molar-refractivity contribution is -0.274. The van der Waals surface area contributed by atoms with Crippen LogP contribution in [0, 0.1) is 0 Å². The number of amides is 1. The Labute approximate surface area is 173 Å². The van der Waals surface area contributed by atoms with Crippen molar-refractivity contribution in [2.75, 3.05) is 7.05 Å². The normalized spacial score (nSPS) is 13.4. The Morgan fingerprint density at radius 2 is 1.67 bits per heavy atom. The molecule has 10 heteroatoms. The topological polar surface area (TPSA) is 75.7 Å². The van der Waals surface area contributed by atoms with E-state index < -0.39 is 28.3 Å². The van der Waals surface area contributed by atoms with Crippen molar-refractivity contribution in [2.24, 2.45) is 0 Å². The molecule has 0 bridgehead atoms. The van der Waals surface area contributed by atoms with E-state index in [-0.39, 0.29) is 22.3 Å². The molecule has 0 saturated carbocycles. The molecule has 0 aliphatic carbocycles. The van der Waals surface area contributed by atoms with Crippen molar-refractivity contribution in [1.82, 2.24) is 9.62 Å². The van der Waals surface area contributed by atoms with E-state index in [1.165, 1.54) is 47.8 Å². The number of alkyl halides is 3. The van der Waals surface area contributed by atoms with Gasteiger partial charge >= 0.3 is 6.36 Å². The van der Waals surface area contributed by atoms with E-state index in [0.29, 0.717) is 5.56 Å². The molecule has 0 spiro atoms. The number of carbonyl (C=O) groups excluding carboxylic acids is 1. The summed E-state index contributed by atoms with van der Waals surface area (Å²) in [5.74, 6) is -0.876. The maximum absolute atomic E-state index is 12.6. The zero-order valence-electron chi connectivity index (χ0n) is 16.9. The Hall–Kier alpha value is -2.59. The molecular weight excluding hydrogens is 421 g/mol. The molecule has 0 aliphatic rings. The molecule has 2 rings (SSSR count). The Morgan fingerprint density at radius 1 is 1.07 bits per heavy atom. The SMILES string of the molecule is CC(NC(=O)c1cccc(S(=O)(=O)N(C)C(C)C)c1)c1ccc(OC(F)(F)F)cc1. The molecular formula is C20H23F3N2O4S. The van der Waals surface area contributed by atoms with Crippen LogP contribution < -0.4 is 10.1 Å². The van der Waals surface area contributed by atoms with E-state index in [0.717, 1.165) is 12.1 Å². The second-order valence-electron chi connectivity index (χ2n) is 6.95. The number of rotatable bonds is 7. The highest BCUT2D eigenvalue weighted by Gasteiger charge is 2.31. The number of carbonyl (C=O) groups is 1. The van der Waals surface area contributed by atoms with Crippen LogP contribution in [0.5, 0.6) is 5.75 Å². The summed E-state index contributed by atoms with van der Waals surface area (Å²) in [7, 11) is -2.29. The predicted octanol–water partition coefficient (Wildman–Crippen LogP) is 4.11. The van der Waals surface area contributed by atoms with E-state index in [1.54, 1.807) is 20.8 Å². The molecule has 0 aromatic heterocycles. The van der Waals surface area contributed by atoms with Crippen molar-refractivity contribution in [3.8, 4) is 5.75 Å². The van der Waals surface area contributed by atoms with Gasteiger partial charge < -0.3 is 10.1 Å². The molecule has 1 N–H and O–H groups in total. The van der Waals surface area contributed by atoms with Crippen LogP contribution in [0.3, 0.4) is 0 Å². The third kappa shape index (κ3) is 5.96. The Morgan fingerprint density at radius 3 is 2.20 bits per heavy atom. The largest absolute Gasteiger partial charge is 0.573 e. The summed E-state index contributed by atoms with van der Waals surface area (Å²) in [5, 5.41) is 2.70. The first-order chi connectivity index (χ1) is 13.8. The van der Waals surface area contributed by atoms with E-state index in [1.807, 2.05) is 0 Å². The monoisotopic (exact) mass is 444 g/mol. The molecule has 2 aromatic rings. The first-order valence-electron chi connectivity index (χ1n) is 9.06. The average Bonchev–Trinajstić information content (AvgIpc) is 2.66. The second-order valence-corrected chi connectivity index (χ2v) is 8.95. The van der Waals surface area contributed by atoms with Gasteiger partial charge in [-0.1, -0.05) is 18.2 Å². The number of halogens is 3. The molecule has 6 nitrogen and oxygen atoms in total. The van der Waals surface area contributed by atoms with Crippen LogP contribution in [0.1, 0.15) is 42.7 Å². The van der Waals surface area contributed by atoms with Crippen LogP contribution >= 0.6 is 0 Å². The molecule has 0 saturated heterocycles. The second kappa shape index (κ2) is 9.05. The lowest BCUT2D eigenvalue weighted by Crippen LogP contribution is -2.33. The van der Waals surface area contributed by atoms with Crippen molar-refractivity contribution in [3.05, 3.63) is 59.7 Å². The minimum absolute atomic E-state index is 0.00680. The summed E-state index contributed by atoms with van der Waals surface area (Å²) in [6, 6.07) is 9.99. The highest BCUT2D eigenvalue weighted by molar-refractivity contribution is 7.89. The third-order valence-corrected chi connectivity index (χ3v) is 6.49. The zero-order valence-corrected chi connectivity index (χ0v) is 17.7. The smallest absolute Gasteiger partial charge is 0.406 e. The van der Waals surface area contributed by atoms with Crippen LogP contribution in [0.25, 0.3) is 0 Å². The number of ether oxygens (including phenoxy) is 1. The third-order valence-electron chi connectivity index (χ3n) is 4.46. The van der Waals surface area contributed by atoms with Crippen LogP contribution in [0.4, 0.5) is 13.2 Å². The van der Waals surface area contributed by atoms with Crippen LogP contribution in [0.2, 0.25) is 0 Å². The van der Waals surface area contributed by atoms with Gasteiger partial charge in [0.1, 0.15) is 5.75 Å². The molecule has 2 aromatic carbocycles. The summed E-state index contributed by atoms with van der Waals surface area (Å²) < 4.78 is 67.0. The maximum Gasteiger partial charge on any atom is 0.573 e. The molecule has 0 radical (unpaired) electrons. The molecule has 0 fully saturated rings. The quantitative estimate of drug-likeness (QED) is 0.698. The fourth-order valence-electron chi connectivity index (χ4n) is 2.56. The molecule has 1 amide bonds.